The van der Waals surface area contributed by atoms with Gasteiger partial charge < -0.3 is 15.1 Å². The topological polar surface area (TPSA) is 61.4 Å². The maximum atomic E-state index is 12.4. The summed E-state index contributed by atoms with van der Waals surface area (Å²) >= 11 is 1.45. The summed E-state index contributed by atoms with van der Waals surface area (Å²) in [4.78, 5) is 21.0. The summed E-state index contributed by atoms with van der Waals surface area (Å²) in [5.74, 6) is 1.54. The number of anilines is 1. The number of hydrogen-bond acceptors (Lipinski definition) is 5. The molecule has 1 aromatic rings. The molecular formula is C15H25N5OS. The van der Waals surface area contributed by atoms with Crippen LogP contribution in [0.5, 0.6) is 0 Å². The summed E-state index contributed by atoms with van der Waals surface area (Å²) in [6.07, 6.45) is 4.57. The second-order valence-electron chi connectivity index (χ2n) is 6.29. The predicted molar refractivity (Wildman–Crippen MR) is 88.4 cm³/mol. The Morgan fingerprint density at radius 2 is 2.23 bits per heavy atom. The number of amides is 2. The van der Waals surface area contributed by atoms with E-state index in [0.29, 0.717) is 12.0 Å². The lowest BCUT2D eigenvalue weighted by Crippen LogP contribution is -2.43. The predicted octanol–water partition coefficient (Wildman–Crippen LogP) is 2.26. The van der Waals surface area contributed by atoms with Gasteiger partial charge in [-0.25, -0.2) is 9.78 Å². The zero-order valence-electron chi connectivity index (χ0n) is 13.4. The molecule has 1 N–H and O–H groups in total. The molecule has 2 amide bonds. The quantitative estimate of drug-likeness (QED) is 0.923. The van der Waals surface area contributed by atoms with Crippen LogP contribution in [0.25, 0.3) is 0 Å². The van der Waals surface area contributed by atoms with Crippen molar-refractivity contribution in [3.05, 3.63) is 5.82 Å². The highest BCUT2D eigenvalue weighted by Crippen LogP contribution is 2.34. The smallest absolute Gasteiger partial charge is 0.317 e. The summed E-state index contributed by atoms with van der Waals surface area (Å²) in [6.45, 7) is 7.49. The van der Waals surface area contributed by atoms with Crippen LogP contribution in [-0.4, -0.2) is 52.5 Å². The Kier molecular flexibility index (Phi) is 4.81. The number of nitrogens with zero attached hydrogens (tertiary/aromatic N) is 4. The van der Waals surface area contributed by atoms with E-state index >= 15 is 0 Å². The van der Waals surface area contributed by atoms with Crippen LogP contribution in [-0.2, 0) is 0 Å². The van der Waals surface area contributed by atoms with Crippen LogP contribution < -0.4 is 10.2 Å². The molecule has 0 spiro atoms. The van der Waals surface area contributed by atoms with Crippen LogP contribution in [0.1, 0.15) is 38.4 Å². The number of rotatable bonds is 4. The molecule has 1 aliphatic carbocycles. The zero-order chi connectivity index (χ0) is 15.5. The fourth-order valence-electron chi connectivity index (χ4n) is 3.09. The summed E-state index contributed by atoms with van der Waals surface area (Å²) in [5.41, 5.74) is 0. The Labute approximate surface area is 136 Å². The first-order chi connectivity index (χ1) is 10.7. The molecule has 2 unspecified atom stereocenters. The number of nitrogens with one attached hydrogen (secondary N) is 1. The molecule has 6 nitrogen and oxygen atoms in total. The Morgan fingerprint density at radius 1 is 1.36 bits per heavy atom. The van der Waals surface area contributed by atoms with Gasteiger partial charge in [0.25, 0.3) is 0 Å². The number of carbonyl (C=O) groups is 1. The Morgan fingerprint density at radius 3 is 2.95 bits per heavy atom. The normalized spacial score (nSPS) is 25.0. The number of hydrogen-bond donors (Lipinski definition) is 1. The monoisotopic (exact) mass is 323 g/mol. The van der Waals surface area contributed by atoms with Gasteiger partial charge in [-0.2, -0.15) is 4.37 Å². The molecule has 0 bridgehead atoms. The molecule has 1 saturated carbocycles. The lowest BCUT2D eigenvalue weighted by atomic mass is 10.2. The molecule has 2 atom stereocenters. The van der Waals surface area contributed by atoms with Gasteiger partial charge in [-0.05, 0) is 32.1 Å². The van der Waals surface area contributed by atoms with E-state index in [1.54, 1.807) is 0 Å². The first-order valence-electron chi connectivity index (χ1n) is 8.28. The van der Waals surface area contributed by atoms with Crippen molar-refractivity contribution < 1.29 is 4.79 Å². The second kappa shape index (κ2) is 6.81. The van der Waals surface area contributed by atoms with E-state index < -0.39 is 0 Å². The highest BCUT2D eigenvalue weighted by Gasteiger charge is 2.38. The van der Waals surface area contributed by atoms with E-state index in [2.05, 4.69) is 26.5 Å². The van der Waals surface area contributed by atoms with Crippen LogP contribution >= 0.6 is 11.5 Å². The van der Waals surface area contributed by atoms with Crippen LogP contribution in [0, 0.1) is 12.8 Å². The van der Waals surface area contributed by atoms with Crippen molar-refractivity contribution in [3.63, 3.8) is 0 Å². The second-order valence-corrected chi connectivity index (χ2v) is 7.02. The summed E-state index contributed by atoms with van der Waals surface area (Å²) in [7, 11) is 0. The van der Waals surface area contributed by atoms with Crippen molar-refractivity contribution in [2.24, 2.45) is 5.92 Å². The molecule has 3 rings (SSSR count). The fraction of sp³-hybridized carbons (Fsp3) is 0.800. The van der Waals surface area contributed by atoms with Crippen LogP contribution in [0.2, 0.25) is 0 Å². The number of aromatic nitrogens is 2. The van der Waals surface area contributed by atoms with Crippen molar-refractivity contribution in [3.8, 4) is 0 Å². The highest BCUT2D eigenvalue weighted by molar-refractivity contribution is 7.09. The number of aryl methyl sites for hydroxylation is 1. The number of carbonyl (C=O) groups excluding carboxylic acids is 1. The first kappa shape index (κ1) is 15.5. The fourth-order valence-corrected chi connectivity index (χ4v) is 3.82. The Balaban J connectivity index is 1.49. The molecule has 0 aromatic carbocycles. The van der Waals surface area contributed by atoms with Crippen LogP contribution in [0.3, 0.4) is 0 Å². The maximum Gasteiger partial charge on any atom is 0.317 e. The van der Waals surface area contributed by atoms with Gasteiger partial charge in [0.1, 0.15) is 5.82 Å². The third kappa shape index (κ3) is 3.69. The lowest BCUT2D eigenvalue weighted by molar-refractivity contribution is 0.200. The minimum atomic E-state index is 0.110. The number of urea groups is 1. The van der Waals surface area contributed by atoms with E-state index in [1.165, 1.54) is 24.4 Å². The molecule has 2 fully saturated rings. The minimum absolute atomic E-state index is 0.110. The van der Waals surface area contributed by atoms with E-state index in [9.17, 15) is 4.79 Å². The molecule has 22 heavy (non-hydrogen) atoms. The van der Waals surface area contributed by atoms with Gasteiger partial charge in [-0.1, -0.05) is 13.3 Å². The summed E-state index contributed by atoms with van der Waals surface area (Å²) in [5, 5.41) is 4.16. The van der Waals surface area contributed by atoms with Crippen molar-refractivity contribution in [1.29, 1.82) is 0 Å². The van der Waals surface area contributed by atoms with Gasteiger partial charge in [0.15, 0.2) is 0 Å². The van der Waals surface area contributed by atoms with E-state index in [1.807, 2.05) is 11.8 Å². The lowest BCUT2D eigenvalue weighted by Gasteiger charge is -2.22. The molecule has 122 valence electrons. The molecule has 1 aliphatic heterocycles. The largest absolute Gasteiger partial charge is 0.345 e. The van der Waals surface area contributed by atoms with Crippen molar-refractivity contribution in [1.82, 2.24) is 19.6 Å². The Hall–Kier alpha value is -1.37. The third-order valence-electron chi connectivity index (χ3n) is 4.46. The molecule has 2 heterocycles. The van der Waals surface area contributed by atoms with Gasteiger partial charge in [0, 0.05) is 43.8 Å². The van der Waals surface area contributed by atoms with E-state index in [4.69, 9.17) is 0 Å². The van der Waals surface area contributed by atoms with Crippen molar-refractivity contribution in [2.75, 3.05) is 31.1 Å². The van der Waals surface area contributed by atoms with Gasteiger partial charge in [-0.15, -0.1) is 0 Å². The SMILES string of the molecule is CCCC1CC1NC(=O)N1CCCN(c2nc(C)ns2)CC1. The first-order valence-corrected chi connectivity index (χ1v) is 9.05. The Bertz CT molecular complexity index is 520. The molecule has 0 radical (unpaired) electrons. The average Bonchev–Trinajstić information content (AvgIpc) is 3.15. The van der Waals surface area contributed by atoms with Crippen molar-refractivity contribution >= 4 is 22.7 Å². The molecule has 1 saturated heterocycles. The van der Waals surface area contributed by atoms with Crippen molar-refractivity contribution in [2.45, 2.75) is 45.6 Å². The van der Waals surface area contributed by atoms with Gasteiger partial charge in [0.2, 0.25) is 5.13 Å². The summed E-state index contributed by atoms with van der Waals surface area (Å²) in [6, 6.07) is 0.525. The standard InChI is InChI=1S/C15H25N5OS/c1-3-5-12-10-13(12)17-14(21)19-6-4-7-20(9-8-19)15-16-11(2)18-22-15/h12-13H,3-10H2,1-2H3,(H,17,21). The van der Waals surface area contributed by atoms with E-state index in [0.717, 1.165) is 50.0 Å². The molecule has 7 heteroatoms. The van der Waals surface area contributed by atoms with Gasteiger partial charge >= 0.3 is 6.03 Å². The molecule has 2 aliphatic rings. The van der Waals surface area contributed by atoms with Gasteiger partial charge in [0.05, 0.1) is 0 Å². The van der Waals surface area contributed by atoms with Crippen LogP contribution in [0.4, 0.5) is 9.93 Å². The van der Waals surface area contributed by atoms with Crippen LogP contribution in [0.15, 0.2) is 0 Å². The third-order valence-corrected chi connectivity index (χ3v) is 5.33. The summed E-state index contributed by atoms with van der Waals surface area (Å²) < 4.78 is 4.25. The highest BCUT2D eigenvalue weighted by atomic mass is 32.1. The zero-order valence-corrected chi connectivity index (χ0v) is 14.2. The molecule has 1 aromatic heterocycles. The van der Waals surface area contributed by atoms with E-state index in [-0.39, 0.29) is 6.03 Å². The minimum Gasteiger partial charge on any atom is -0.345 e. The molecular weight excluding hydrogens is 298 g/mol. The van der Waals surface area contributed by atoms with Gasteiger partial charge in [-0.3, -0.25) is 0 Å². The average molecular weight is 323 g/mol. The maximum absolute atomic E-state index is 12.4.